The van der Waals surface area contributed by atoms with Crippen molar-refractivity contribution in [1.29, 1.82) is 0 Å². The first kappa shape index (κ1) is 15.1. The van der Waals surface area contributed by atoms with E-state index in [1.54, 1.807) is 18.3 Å². The molecule has 114 valence electrons. The van der Waals surface area contributed by atoms with Crippen molar-refractivity contribution in [3.8, 4) is 11.3 Å². The average Bonchev–Trinajstić information content (AvgIpc) is 3.19. The molecule has 3 aromatic rings. The van der Waals surface area contributed by atoms with Crippen molar-refractivity contribution in [2.45, 2.75) is 17.2 Å². The maximum absolute atomic E-state index is 12.9. The number of nitrogens with zero attached hydrogens (tertiary/aromatic N) is 2. The van der Waals surface area contributed by atoms with E-state index in [-0.39, 0.29) is 5.82 Å². The predicted molar refractivity (Wildman–Crippen MR) is 85.7 cm³/mol. The third kappa shape index (κ3) is 3.66. The van der Waals surface area contributed by atoms with Crippen LogP contribution in [0.3, 0.4) is 0 Å². The van der Waals surface area contributed by atoms with Gasteiger partial charge >= 0.3 is 0 Å². The van der Waals surface area contributed by atoms with E-state index >= 15 is 0 Å². The lowest BCUT2D eigenvalue weighted by Crippen LogP contribution is -1.99. The second kappa shape index (κ2) is 6.93. The van der Waals surface area contributed by atoms with Gasteiger partial charge in [-0.3, -0.25) is 9.31 Å². The Balaban J connectivity index is 1.60. The van der Waals surface area contributed by atoms with Crippen LogP contribution in [0.2, 0.25) is 0 Å². The number of rotatable bonds is 6. The number of aryl methyl sites for hydroxylation is 1. The highest BCUT2D eigenvalue weighted by Gasteiger charge is 2.11. The van der Waals surface area contributed by atoms with Gasteiger partial charge in [0.05, 0.1) is 22.7 Å². The van der Waals surface area contributed by atoms with E-state index in [0.717, 1.165) is 29.7 Å². The molecule has 0 amide bonds. The molecule has 0 saturated heterocycles. The fourth-order valence-electron chi connectivity index (χ4n) is 2.02. The fourth-order valence-corrected chi connectivity index (χ4v) is 4.18. The van der Waals surface area contributed by atoms with Crippen molar-refractivity contribution < 1.29 is 8.60 Å². The van der Waals surface area contributed by atoms with Gasteiger partial charge in [0.25, 0.3) is 0 Å². The van der Waals surface area contributed by atoms with Gasteiger partial charge in [-0.1, -0.05) is 0 Å². The number of halogens is 1. The molecule has 4 nitrogen and oxygen atoms in total. The standard InChI is InChI=1S/C15H14FN3OS2/c16-13-5-3-12(4-6-13)14-10-21-15(19-14)22(20)7-1-2-11-8-17-18-9-11/h3-6,8-10H,1-2,7H2,(H,17,18)/t22-/m0/s1. The summed E-state index contributed by atoms with van der Waals surface area (Å²) in [7, 11) is -1.10. The summed E-state index contributed by atoms with van der Waals surface area (Å²) in [5.74, 6) is 0.295. The topological polar surface area (TPSA) is 58.6 Å². The van der Waals surface area contributed by atoms with Gasteiger partial charge in [0.1, 0.15) is 5.82 Å². The van der Waals surface area contributed by atoms with Crippen molar-refractivity contribution in [1.82, 2.24) is 15.2 Å². The number of thiazole rings is 1. The fraction of sp³-hybridized carbons (Fsp3) is 0.200. The molecule has 0 saturated carbocycles. The van der Waals surface area contributed by atoms with Crippen molar-refractivity contribution in [3.63, 3.8) is 0 Å². The van der Waals surface area contributed by atoms with E-state index in [9.17, 15) is 8.60 Å². The summed E-state index contributed by atoms with van der Waals surface area (Å²) >= 11 is 1.38. The SMILES string of the molecule is O=[S@@](CCCc1cn[nH]c1)c1nc(-c2ccc(F)cc2)cs1. The first-order valence-electron chi connectivity index (χ1n) is 6.80. The number of hydrogen-bond donors (Lipinski definition) is 1. The molecule has 0 aliphatic heterocycles. The zero-order valence-corrected chi connectivity index (χ0v) is 13.3. The number of H-pyrrole nitrogens is 1. The van der Waals surface area contributed by atoms with Crippen LogP contribution in [-0.2, 0) is 17.2 Å². The zero-order valence-electron chi connectivity index (χ0n) is 11.7. The highest BCUT2D eigenvalue weighted by Crippen LogP contribution is 2.24. The largest absolute Gasteiger partial charge is 0.285 e. The van der Waals surface area contributed by atoms with Gasteiger partial charge in [-0.05, 0) is 42.7 Å². The predicted octanol–water partition coefficient (Wildman–Crippen LogP) is 3.41. The Bertz CT molecular complexity index is 753. The number of benzene rings is 1. The zero-order chi connectivity index (χ0) is 15.4. The second-order valence-corrected chi connectivity index (χ2v) is 7.37. The van der Waals surface area contributed by atoms with Gasteiger partial charge in [-0.25, -0.2) is 9.37 Å². The van der Waals surface area contributed by atoms with Gasteiger partial charge in [-0.15, -0.1) is 11.3 Å². The number of aromatic nitrogens is 3. The molecule has 22 heavy (non-hydrogen) atoms. The smallest absolute Gasteiger partial charge is 0.181 e. The van der Waals surface area contributed by atoms with Crippen LogP contribution in [0.25, 0.3) is 11.3 Å². The lowest BCUT2D eigenvalue weighted by Gasteiger charge is -1.98. The Hall–Kier alpha value is -1.86. The van der Waals surface area contributed by atoms with E-state index in [1.807, 2.05) is 11.6 Å². The van der Waals surface area contributed by atoms with Crippen LogP contribution in [0.1, 0.15) is 12.0 Å². The molecule has 0 bridgehead atoms. The first-order valence-corrected chi connectivity index (χ1v) is 9.00. The van der Waals surface area contributed by atoms with Crippen LogP contribution in [-0.4, -0.2) is 25.1 Å². The third-order valence-electron chi connectivity index (χ3n) is 3.17. The summed E-state index contributed by atoms with van der Waals surface area (Å²) in [5, 5.41) is 8.50. The average molecular weight is 335 g/mol. The van der Waals surface area contributed by atoms with Crippen molar-refractivity contribution in [2.24, 2.45) is 0 Å². The molecule has 1 N–H and O–H groups in total. The minimum absolute atomic E-state index is 0.276. The molecule has 0 aliphatic rings. The Labute approximate surface area is 133 Å². The van der Waals surface area contributed by atoms with Crippen LogP contribution in [0.5, 0.6) is 0 Å². The molecule has 3 rings (SSSR count). The minimum atomic E-state index is -1.10. The maximum Gasteiger partial charge on any atom is 0.181 e. The molecule has 1 aromatic carbocycles. The monoisotopic (exact) mass is 335 g/mol. The Morgan fingerprint density at radius 2 is 2.09 bits per heavy atom. The Kier molecular flexibility index (Phi) is 4.74. The number of nitrogens with one attached hydrogen (secondary N) is 1. The molecule has 2 heterocycles. The van der Waals surface area contributed by atoms with Crippen LogP contribution in [0, 0.1) is 5.82 Å². The van der Waals surface area contributed by atoms with Gasteiger partial charge in [-0.2, -0.15) is 5.10 Å². The van der Waals surface area contributed by atoms with Gasteiger partial charge in [0, 0.05) is 22.9 Å². The number of hydrogen-bond acceptors (Lipinski definition) is 4. The summed E-state index contributed by atoms with van der Waals surface area (Å²) in [5.41, 5.74) is 2.69. The minimum Gasteiger partial charge on any atom is -0.285 e. The van der Waals surface area contributed by atoms with Gasteiger partial charge in [0.15, 0.2) is 4.34 Å². The summed E-state index contributed by atoms with van der Waals surface area (Å²) in [6.07, 6.45) is 5.29. The van der Waals surface area contributed by atoms with E-state index in [0.29, 0.717) is 10.1 Å². The van der Waals surface area contributed by atoms with Crippen molar-refractivity contribution in [2.75, 3.05) is 5.75 Å². The first-order chi connectivity index (χ1) is 10.7. The van der Waals surface area contributed by atoms with Crippen molar-refractivity contribution in [3.05, 3.63) is 53.4 Å². The molecule has 0 spiro atoms. The van der Waals surface area contributed by atoms with Crippen LogP contribution >= 0.6 is 11.3 Å². The van der Waals surface area contributed by atoms with E-state index in [1.165, 1.54) is 23.5 Å². The highest BCUT2D eigenvalue weighted by molar-refractivity contribution is 7.87. The molecular formula is C15H14FN3OS2. The van der Waals surface area contributed by atoms with Crippen LogP contribution < -0.4 is 0 Å². The normalized spacial score (nSPS) is 12.4. The van der Waals surface area contributed by atoms with Gasteiger partial charge < -0.3 is 0 Å². The lowest BCUT2D eigenvalue weighted by atomic mass is 10.2. The number of aromatic amines is 1. The molecule has 1 atom stereocenters. The molecule has 0 unspecified atom stereocenters. The third-order valence-corrected chi connectivity index (χ3v) is 5.79. The molecule has 0 fully saturated rings. The maximum atomic E-state index is 12.9. The second-order valence-electron chi connectivity index (χ2n) is 4.77. The van der Waals surface area contributed by atoms with Crippen LogP contribution in [0.4, 0.5) is 4.39 Å². The lowest BCUT2D eigenvalue weighted by molar-refractivity contribution is 0.628. The summed E-state index contributed by atoms with van der Waals surface area (Å²) in [4.78, 5) is 4.40. The van der Waals surface area contributed by atoms with E-state index < -0.39 is 10.8 Å². The summed E-state index contributed by atoms with van der Waals surface area (Å²) < 4.78 is 25.8. The molecular weight excluding hydrogens is 321 g/mol. The van der Waals surface area contributed by atoms with Crippen LogP contribution in [0.15, 0.2) is 46.4 Å². The van der Waals surface area contributed by atoms with Crippen molar-refractivity contribution >= 4 is 22.1 Å². The molecule has 0 aliphatic carbocycles. The van der Waals surface area contributed by atoms with E-state index in [2.05, 4.69) is 15.2 Å². The Morgan fingerprint density at radius 3 is 2.82 bits per heavy atom. The Morgan fingerprint density at radius 1 is 1.27 bits per heavy atom. The molecule has 0 radical (unpaired) electrons. The molecule has 2 aromatic heterocycles. The summed E-state index contributed by atoms with van der Waals surface area (Å²) in [6, 6.07) is 6.15. The van der Waals surface area contributed by atoms with E-state index in [4.69, 9.17) is 0 Å². The summed E-state index contributed by atoms with van der Waals surface area (Å²) in [6.45, 7) is 0. The molecule has 7 heteroatoms. The quantitative estimate of drug-likeness (QED) is 0.751. The highest BCUT2D eigenvalue weighted by atomic mass is 32.2. The van der Waals surface area contributed by atoms with Gasteiger partial charge in [0.2, 0.25) is 0 Å².